The van der Waals surface area contributed by atoms with Crippen LogP contribution in [0.5, 0.6) is 5.75 Å². The van der Waals surface area contributed by atoms with Gasteiger partial charge in [-0.05, 0) is 66.4 Å². The van der Waals surface area contributed by atoms with Crippen LogP contribution in [0.1, 0.15) is 22.3 Å². The summed E-state index contributed by atoms with van der Waals surface area (Å²) in [6.45, 7) is 3.34. The van der Waals surface area contributed by atoms with E-state index in [4.69, 9.17) is 16.3 Å². The molecule has 2 N–H and O–H groups in total. The first-order valence-electron chi connectivity index (χ1n) is 9.80. The van der Waals surface area contributed by atoms with Crippen LogP contribution in [0.3, 0.4) is 0 Å². The maximum Gasteiger partial charge on any atom is 0.119 e. The number of nitrogens with one attached hydrogen (secondary N) is 2. The van der Waals surface area contributed by atoms with Crippen LogP contribution >= 0.6 is 11.6 Å². The molecule has 0 amide bonds. The summed E-state index contributed by atoms with van der Waals surface area (Å²) in [4.78, 5) is 0. The lowest BCUT2D eigenvalue weighted by Crippen LogP contribution is -2.16. The fourth-order valence-electron chi connectivity index (χ4n) is 3.57. The molecule has 0 bridgehead atoms. The average Bonchev–Trinajstić information content (AvgIpc) is 2.99. The Bertz CT molecular complexity index is 910. The maximum absolute atomic E-state index is 6.50. The van der Waals surface area contributed by atoms with Crippen LogP contribution < -0.4 is 15.4 Å². The van der Waals surface area contributed by atoms with Crippen molar-refractivity contribution >= 4 is 17.3 Å². The Morgan fingerprint density at radius 2 is 1.64 bits per heavy atom. The number of rotatable bonds is 6. The molecule has 0 fully saturated rings. The van der Waals surface area contributed by atoms with Gasteiger partial charge in [0.2, 0.25) is 0 Å². The number of halogens is 1. The summed E-state index contributed by atoms with van der Waals surface area (Å²) in [5.41, 5.74) is 6.18. The highest BCUT2D eigenvalue weighted by molar-refractivity contribution is 6.33. The van der Waals surface area contributed by atoms with E-state index in [1.54, 1.807) is 0 Å². The molecule has 144 valence electrons. The van der Waals surface area contributed by atoms with Crippen LogP contribution in [0.4, 0.5) is 5.69 Å². The topological polar surface area (TPSA) is 33.3 Å². The van der Waals surface area contributed by atoms with E-state index >= 15 is 0 Å². The SMILES string of the molecule is Clc1ccc2c(c1NCc1ccc(OCc3ccccc3)cc1)CCNCC2. The minimum absolute atomic E-state index is 0.582. The van der Waals surface area contributed by atoms with Gasteiger partial charge in [-0.25, -0.2) is 0 Å². The predicted molar refractivity (Wildman–Crippen MR) is 116 cm³/mol. The van der Waals surface area contributed by atoms with Gasteiger partial charge in [-0.1, -0.05) is 60.1 Å². The number of benzene rings is 3. The van der Waals surface area contributed by atoms with Gasteiger partial charge in [0.25, 0.3) is 0 Å². The molecule has 3 aromatic rings. The standard InChI is InChI=1S/C24H25ClN2O/c25-23-11-8-20-12-14-26-15-13-22(20)24(23)27-16-18-6-9-21(10-7-18)28-17-19-4-2-1-3-5-19/h1-11,26-27H,12-17H2. The van der Waals surface area contributed by atoms with Crippen molar-refractivity contribution in [1.82, 2.24) is 5.32 Å². The molecule has 1 aliphatic heterocycles. The van der Waals surface area contributed by atoms with Crippen molar-refractivity contribution in [2.24, 2.45) is 0 Å². The Balaban J connectivity index is 1.39. The third kappa shape index (κ3) is 4.67. The van der Waals surface area contributed by atoms with Gasteiger partial charge in [0, 0.05) is 6.54 Å². The van der Waals surface area contributed by atoms with E-state index in [0.717, 1.165) is 48.9 Å². The molecule has 1 heterocycles. The minimum atomic E-state index is 0.582. The molecule has 0 spiro atoms. The normalized spacial score (nSPS) is 13.5. The molecule has 0 radical (unpaired) electrons. The van der Waals surface area contributed by atoms with E-state index in [1.165, 1.54) is 22.3 Å². The zero-order valence-electron chi connectivity index (χ0n) is 15.9. The first-order valence-corrected chi connectivity index (χ1v) is 10.2. The van der Waals surface area contributed by atoms with Gasteiger partial charge >= 0.3 is 0 Å². The molecular formula is C24H25ClN2O. The number of fused-ring (bicyclic) bond motifs is 1. The van der Waals surface area contributed by atoms with E-state index < -0.39 is 0 Å². The van der Waals surface area contributed by atoms with Crippen LogP contribution in [0.2, 0.25) is 5.02 Å². The second-order valence-corrected chi connectivity index (χ2v) is 7.49. The summed E-state index contributed by atoms with van der Waals surface area (Å²) in [5, 5.41) is 7.82. The quantitative estimate of drug-likeness (QED) is 0.603. The van der Waals surface area contributed by atoms with Crippen molar-refractivity contribution < 1.29 is 4.74 Å². The van der Waals surface area contributed by atoms with Gasteiger partial charge in [-0.3, -0.25) is 0 Å². The van der Waals surface area contributed by atoms with Crippen molar-refractivity contribution in [3.63, 3.8) is 0 Å². The Morgan fingerprint density at radius 3 is 2.46 bits per heavy atom. The lowest BCUT2D eigenvalue weighted by Gasteiger charge is -2.16. The zero-order chi connectivity index (χ0) is 19.2. The van der Waals surface area contributed by atoms with Crippen molar-refractivity contribution in [3.8, 4) is 5.75 Å². The smallest absolute Gasteiger partial charge is 0.119 e. The fourth-order valence-corrected chi connectivity index (χ4v) is 3.81. The first kappa shape index (κ1) is 18.9. The third-order valence-corrected chi connectivity index (χ3v) is 5.44. The molecule has 0 atom stereocenters. The molecule has 4 rings (SSSR count). The third-order valence-electron chi connectivity index (χ3n) is 5.12. The summed E-state index contributed by atoms with van der Waals surface area (Å²) in [6.07, 6.45) is 2.05. The number of hydrogen-bond acceptors (Lipinski definition) is 3. The highest BCUT2D eigenvalue weighted by Crippen LogP contribution is 2.31. The Morgan fingerprint density at radius 1 is 0.857 bits per heavy atom. The highest BCUT2D eigenvalue weighted by Gasteiger charge is 2.14. The van der Waals surface area contributed by atoms with Gasteiger partial charge in [-0.15, -0.1) is 0 Å². The van der Waals surface area contributed by atoms with Gasteiger partial charge in [0.15, 0.2) is 0 Å². The number of ether oxygens (including phenoxy) is 1. The van der Waals surface area contributed by atoms with E-state index in [0.29, 0.717) is 6.61 Å². The van der Waals surface area contributed by atoms with Crippen LogP contribution in [0, 0.1) is 0 Å². The van der Waals surface area contributed by atoms with E-state index in [2.05, 4.69) is 41.0 Å². The summed E-state index contributed by atoms with van der Waals surface area (Å²) in [5.74, 6) is 0.880. The van der Waals surface area contributed by atoms with Crippen LogP contribution in [0.15, 0.2) is 66.7 Å². The zero-order valence-corrected chi connectivity index (χ0v) is 16.6. The summed E-state index contributed by atoms with van der Waals surface area (Å²) in [7, 11) is 0. The molecule has 28 heavy (non-hydrogen) atoms. The van der Waals surface area contributed by atoms with Crippen LogP contribution in [0.25, 0.3) is 0 Å². The second kappa shape index (κ2) is 9.13. The lowest BCUT2D eigenvalue weighted by atomic mass is 10.0. The molecule has 3 nitrogen and oxygen atoms in total. The Hall–Kier alpha value is -2.49. The molecule has 0 saturated carbocycles. The molecule has 4 heteroatoms. The van der Waals surface area contributed by atoms with Crippen molar-refractivity contribution in [1.29, 1.82) is 0 Å². The van der Waals surface area contributed by atoms with Gasteiger partial charge in [0.05, 0.1) is 10.7 Å². The van der Waals surface area contributed by atoms with Crippen LogP contribution in [-0.4, -0.2) is 13.1 Å². The molecule has 0 unspecified atom stereocenters. The average molecular weight is 393 g/mol. The van der Waals surface area contributed by atoms with Gasteiger partial charge < -0.3 is 15.4 Å². The van der Waals surface area contributed by atoms with E-state index in [-0.39, 0.29) is 0 Å². The predicted octanol–water partition coefficient (Wildman–Crippen LogP) is 5.22. The van der Waals surface area contributed by atoms with Gasteiger partial charge in [-0.2, -0.15) is 0 Å². The van der Waals surface area contributed by atoms with Crippen LogP contribution in [-0.2, 0) is 26.0 Å². The molecule has 0 saturated heterocycles. The van der Waals surface area contributed by atoms with Crippen molar-refractivity contribution in [3.05, 3.63) is 94.0 Å². The fraction of sp³-hybridized carbons (Fsp3) is 0.250. The Kier molecular flexibility index (Phi) is 6.15. The van der Waals surface area contributed by atoms with E-state index in [9.17, 15) is 0 Å². The summed E-state index contributed by atoms with van der Waals surface area (Å²) >= 11 is 6.50. The van der Waals surface area contributed by atoms with Crippen molar-refractivity contribution in [2.45, 2.75) is 26.0 Å². The number of hydrogen-bond donors (Lipinski definition) is 2. The largest absolute Gasteiger partial charge is 0.489 e. The molecule has 1 aliphatic rings. The maximum atomic E-state index is 6.50. The first-order chi connectivity index (χ1) is 13.8. The monoisotopic (exact) mass is 392 g/mol. The Labute approximate surface area is 171 Å². The highest BCUT2D eigenvalue weighted by atomic mass is 35.5. The lowest BCUT2D eigenvalue weighted by molar-refractivity contribution is 0.306. The van der Waals surface area contributed by atoms with Crippen molar-refractivity contribution in [2.75, 3.05) is 18.4 Å². The van der Waals surface area contributed by atoms with Gasteiger partial charge in [0.1, 0.15) is 12.4 Å². The number of anilines is 1. The minimum Gasteiger partial charge on any atom is -0.489 e. The van der Waals surface area contributed by atoms with E-state index in [1.807, 2.05) is 36.4 Å². The molecular weight excluding hydrogens is 368 g/mol. The molecule has 0 aromatic heterocycles. The summed E-state index contributed by atoms with van der Waals surface area (Å²) < 4.78 is 5.87. The second-order valence-electron chi connectivity index (χ2n) is 7.08. The summed E-state index contributed by atoms with van der Waals surface area (Å²) in [6, 6.07) is 22.6. The molecule has 0 aliphatic carbocycles. The molecule has 3 aromatic carbocycles.